The van der Waals surface area contributed by atoms with E-state index in [0.717, 1.165) is 31.0 Å². The lowest BCUT2D eigenvalue weighted by molar-refractivity contribution is 0.0551. The standard InChI is InChI=1S/C35H42F3N5O4/c1-4-11-42(12-5-2)34(46)25-15-22(3)14-24(19-25)33(45)41-30(18-23-16-27(37)20-28(38)17-23)32(44)31-21-43(13-10-39-31)35(47)40-29-8-6-26(36)7-9-29/h6-9,14-17,19-20,30-32,39,44H,4-5,10-13,18,21H2,1-3H3,(H,40,47)(H,41,45)/t30-,31+,32-/m0/s1. The van der Waals surface area contributed by atoms with E-state index in [0.29, 0.717) is 43.0 Å². The van der Waals surface area contributed by atoms with Crippen LogP contribution in [0, 0.1) is 24.4 Å². The molecule has 3 aromatic rings. The molecule has 9 nitrogen and oxygen atoms in total. The number of amides is 4. The van der Waals surface area contributed by atoms with Crippen molar-refractivity contribution in [2.45, 2.75) is 58.2 Å². The molecule has 1 heterocycles. The maximum Gasteiger partial charge on any atom is 0.321 e. The molecular formula is C35H42F3N5O4. The van der Waals surface area contributed by atoms with Gasteiger partial charge in [-0.2, -0.15) is 0 Å². The second kappa shape index (κ2) is 16.4. The van der Waals surface area contributed by atoms with Gasteiger partial charge >= 0.3 is 6.03 Å². The Labute approximate surface area is 273 Å². The molecule has 0 aromatic heterocycles. The molecule has 4 rings (SSSR count). The van der Waals surface area contributed by atoms with Crippen LogP contribution in [0.3, 0.4) is 0 Å². The highest BCUT2D eigenvalue weighted by atomic mass is 19.1. The molecule has 3 aromatic carbocycles. The Kier molecular flexibility index (Phi) is 12.4. The van der Waals surface area contributed by atoms with Gasteiger partial charge in [0.1, 0.15) is 17.5 Å². The highest BCUT2D eigenvalue weighted by Gasteiger charge is 2.34. The number of nitrogens with one attached hydrogen (secondary N) is 3. The lowest BCUT2D eigenvalue weighted by Gasteiger charge is -2.38. The van der Waals surface area contributed by atoms with E-state index in [4.69, 9.17) is 0 Å². The monoisotopic (exact) mass is 653 g/mol. The Morgan fingerprint density at radius 2 is 1.57 bits per heavy atom. The highest BCUT2D eigenvalue weighted by molar-refractivity contribution is 6.00. The number of halogens is 3. The molecule has 0 aliphatic carbocycles. The molecule has 0 radical (unpaired) electrons. The van der Waals surface area contributed by atoms with Crippen molar-refractivity contribution in [3.8, 4) is 0 Å². The third-order valence-electron chi connectivity index (χ3n) is 7.97. The van der Waals surface area contributed by atoms with Crippen LogP contribution < -0.4 is 16.0 Å². The summed E-state index contributed by atoms with van der Waals surface area (Å²) >= 11 is 0. The maximum atomic E-state index is 14.1. The molecule has 1 aliphatic rings. The van der Waals surface area contributed by atoms with Gasteiger partial charge in [0.15, 0.2) is 0 Å². The van der Waals surface area contributed by atoms with Gasteiger partial charge in [0.2, 0.25) is 0 Å². The van der Waals surface area contributed by atoms with Crippen molar-refractivity contribution in [1.82, 2.24) is 20.4 Å². The number of hydrogen-bond donors (Lipinski definition) is 4. The average molecular weight is 654 g/mol. The smallest absolute Gasteiger partial charge is 0.321 e. The average Bonchev–Trinajstić information content (AvgIpc) is 3.04. The van der Waals surface area contributed by atoms with Gasteiger partial charge in [-0.15, -0.1) is 0 Å². The highest BCUT2D eigenvalue weighted by Crippen LogP contribution is 2.18. The number of urea groups is 1. The zero-order valence-electron chi connectivity index (χ0n) is 26.9. The van der Waals surface area contributed by atoms with Crippen molar-refractivity contribution >= 4 is 23.5 Å². The molecule has 0 bridgehead atoms. The number of benzene rings is 3. The minimum atomic E-state index is -1.30. The third-order valence-corrected chi connectivity index (χ3v) is 7.97. The summed E-state index contributed by atoms with van der Waals surface area (Å²) in [6.45, 7) is 7.59. The maximum absolute atomic E-state index is 14.1. The van der Waals surface area contributed by atoms with E-state index < -0.39 is 47.6 Å². The first kappa shape index (κ1) is 35.4. The van der Waals surface area contributed by atoms with Gasteiger partial charge in [0.25, 0.3) is 11.8 Å². The SMILES string of the molecule is CCCN(CCC)C(=O)c1cc(C)cc(C(=O)N[C@@H](Cc2cc(F)cc(F)c2)[C@H](O)[C@H]2CN(C(=O)Nc3ccc(F)cc3)CCN2)c1. The second-order valence-corrected chi connectivity index (χ2v) is 11.9. The van der Waals surface area contributed by atoms with Crippen molar-refractivity contribution in [3.05, 3.63) is 100 Å². The number of aryl methyl sites for hydroxylation is 1. The van der Waals surface area contributed by atoms with Gasteiger partial charge in [0.05, 0.1) is 18.2 Å². The van der Waals surface area contributed by atoms with Crippen molar-refractivity contribution in [3.63, 3.8) is 0 Å². The van der Waals surface area contributed by atoms with Gasteiger partial charge in [-0.05, 0) is 91.9 Å². The number of hydrogen-bond acceptors (Lipinski definition) is 5. The fourth-order valence-corrected chi connectivity index (χ4v) is 5.77. The molecule has 3 atom stereocenters. The number of anilines is 1. The van der Waals surface area contributed by atoms with Gasteiger partial charge in [-0.3, -0.25) is 9.59 Å². The number of aliphatic hydroxyl groups excluding tert-OH is 1. The summed E-state index contributed by atoms with van der Waals surface area (Å²) in [6.07, 6.45) is 0.138. The fraction of sp³-hybridized carbons (Fsp3) is 0.400. The first-order chi connectivity index (χ1) is 22.5. The summed E-state index contributed by atoms with van der Waals surface area (Å²) in [5, 5.41) is 20.3. The predicted octanol–water partition coefficient (Wildman–Crippen LogP) is 4.88. The Morgan fingerprint density at radius 3 is 2.21 bits per heavy atom. The fourth-order valence-electron chi connectivity index (χ4n) is 5.77. The van der Waals surface area contributed by atoms with Crippen LogP contribution in [-0.4, -0.2) is 83.7 Å². The molecule has 4 amide bonds. The molecular weight excluding hydrogens is 611 g/mol. The van der Waals surface area contributed by atoms with Crippen molar-refractivity contribution < 1.29 is 32.7 Å². The molecule has 4 N–H and O–H groups in total. The topological polar surface area (TPSA) is 114 Å². The molecule has 0 saturated carbocycles. The van der Waals surface area contributed by atoms with Crippen LogP contribution in [0.2, 0.25) is 0 Å². The van der Waals surface area contributed by atoms with Crippen molar-refractivity contribution in [2.24, 2.45) is 0 Å². The molecule has 0 unspecified atom stereocenters. The van der Waals surface area contributed by atoms with E-state index in [1.807, 2.05) is 13.8 Å². The zero-order chi connectivity index (χ0) is 34.1. The minimum absolute atomic E-state index is 0.0475. The number of carbonyl (C=O) groups excluding carboxylic acids is 3. The Balaban J connectivity index is 1.56. The molecule has 12 heteroatoms. The number of nitrogens with zero attached hydrogens (tertiary/aromatic N) is 2. The van der Waals surface area contributed by atoms with Crippen LogP contribution in [0.25, 0.3) is 0 Å². The van der Waals surface area contributed by atoms with E-state index in [1.54, 1.807) is 24.0 Å². The number of aliphatic hydroxyl groups is 1. The van der Waals surface area contributed by atoms with Crippen molar-refractivity contribution in [2.75, 3.05) is 38.0 Å². The second-order valence-electron chi connectivity index (χ2n) is 11.9. The van der Waals surface area contributed by atoms with Crippen LogP contribution in [0.1, 0.15) is 58.5 Å². The van der Waals surface area contributed by atoms with Gasteiger partial charge < -0.3 is 30.9 Å². The normalized spacial score (nSPS) is 15.9. The van der Waals surface area contributed by atoms with Crippen LogP contribution in [-0.2, 0) is 6.42 Å². The van der Waals surface area contributed by atoms with E-state index in [2.05, 4.69) is 16.0 Å². The molecule has 1 aliphatic heterocycles. The lowest BCUT2D eigenvalue weighted by Crippen LogP contribution is -2.62. The molecule has 252 valence electrons. The van der Waals surface area contributed by atoms with E-state index >= 15 is 0 Å². The third kappa shape index (κ3) is 9.79. The summed E-state index contributed by atoms with van der Waals surface area (Å²) < 4.78 is 41.6. The molecule has 1 saturated heterocycles. The zero-order valence-corrected chi connectivity index (χ0v) is 26.9. The largest absolute Gasteiger partial charge is 0.389 e. The van der Waals surface area contributed by atoms with Crippen LogP contribution in [0.15, 0.2) is 60.7 Å². The number of rotatable bonds is 12. The van der Waals surface area contributed by atoms with E-state index in [1.165, 1.54) is 35.2 Å². The van der Waals surface area contributed by atoms with E-state index in [-0.39, 0.29) is 30.0 Å². The molecule has 1 fully saturated rings. The summed E-state index contributed by atoms with van der Waals surface area (Å²) in [7, 11) is 0. The van der Waals surface area contributed by atoms with Crippen LogP contribution in [0.4, 0.5) is 23.7 Å². The summed E-state index contributed by atoms with van der Waals surface area (Å²) in [6, 6.07) is 10.9. The predicted molar refractivity (Wildman–Crippen MR) is 174 cm³/mol. The summed E-state index contributed by atoms with van der Waals surface area (Å²) in [5.74, 6) is -2.82. The van der Waals surface area contributed by atoms with Crippen molar-refractivity contribution in [1.29, 1.82) is 0 Å². The van der Waals surface area contributed by atoms with Gasteiger partial charge in [-0.25, -0.2) is 18.0 Å². The Bertz CT molecular complexity index is 1530. The first-order valence-corrected chi connectivity index (χ1v) is 15.9. The van der Waals surface area contributed by atoms with Crippen LogP contribution in [0.5, 0.6) is 0 Å². The van der Waals surface area contributed by atoms with Crippen LogP contribution >= 0.6 is 0 Å². The first-order valence-electron chi connectivity index (χ1n) is 15.9. The minimum Gasteiger partial charge on any atom is -0.389 e. The number of piperazine rings is 1. The molecule has 47 heavy (non-hydrogen) atoms. The van der Waals surface area contributed by atoms with Gasteiger partial charge in [0, 0.05) is 55.6 Å². The van der Waals surface area contributed by atoms with E-state index in [9.17, 15) is 32.7 Å². The quantitative estimate of drug-likeness (QED) is 0.223. The Hall–Kier alpha value is -4.42. The number of carbonyl (C=O) groups is 3. The Morgan fingerprint density at radius 1 is 0.936 bits per heavy atom. The molecule has 0 spiro atoms. The summed E-state index contributed by atoms with van der Waals surface area (Å²) in [5.41, 5.74) is 1.85. The van der Waals surface area contributed by atoms with Gasteiger partial charge in [-0.1, -0.05) is 13.8 Å². The lowest BCUT2D eigenvalue weighted by atomic mass is 9.94. The summed E-state index contributed by atoms with van der Waals surface area (Å²) in [4.78, 5) is 43.2.